The predicted molar refractivity (Wildman–Crippen MR) is 86.5 cm³/mol. The third-order valence-corrected chi connectivity index (χ3v) is 3.71. The van der Waals surface area contributed by atoms with E-state index in [9.17, 15) is 13.2 Å². The number of alkyl halides is 3. The number of hydrogen-bond acceptors (Lipinski definition) is 1. The van der Waals surface area contributed by atoms with Crippen molar-refractivity contribution in [2.45, 2.75) is 32.0 Å². The lowest BCUT2D eigenvalue weighted by molar-refractivity contribution is -0.274. The number of aryl methyl sites for hydroxylation is 1. The smallest absolute Gasteiger partial charge is 0.404 e. The Morgan fingerprint density at radius 1 is 0.957 bits per heavy atom. The van der Waals surface area contributed by atoms with Gasteiger partial charge in [0.2, 0.25) is 0 Å². The molecule has 0 N–H and O–H groups in total. The van der Waals surface area contributed by atoms with Crippen molar-refractivity contribution in [3.05, 3.63) is 60.0 Å². The molecule has 23 heavy (non-hydrogen) atoms. The van der Waals surface area contributed by atoms with Gasteiger partial charge >= 0.3 is 6.36 Å². The van der Waals surface area contributed by atoms with E-state index < -0.39 is 12.1 Å². The molecule has 123 valence electrons. The van der Waals surface area contributed by atoms with Crippen molar-refractivity contribution in [2.24, 2.45) is 0 Å². The van der Waals surface area contributed by atoms with Crippen LogP contribution >= 0.6 is 11.6 Å². The number of hydrogen-bond donors (Lipinski definition) is 0. The van der Waals surface area contributed by atoms with Gasteiger partial charge in [-0.05, 0) is 41.7 Å². The summed E-state index contributed by atoms with van der Waals surface area (Å²) in [6, 6.07) is 12.2. The summed E-state index contributed by atoms with van der Waals surface area (Å²) in [5.74, 6) is -0.396. The van der Waals surface area contributed by atoms with Crippen LogP contribution < -0.4 is 4.74 Å². The van der Waals surface area contributed by atoms with Crippen LogP contribution in [0.1, 0.15) is 24.8 Å². The minimum Gasteiger partial charge on any atom is -0.404 e. The molecule has 1 radical (unpaired) electrons. The van der Waals surface area contributed by atoms with Gasteiger partial charge in [-0.3, -0.25) is 0 Å². The number of benzene rings is 2. The van der Waals surface area contributed by atoms with E-state index in [1.807, 2.05) is 24.3 Å². The first-order valence-electron chi connectivity index (χ1n) is 7.33. The van der Waals surface area contributed by atoms with Crippen LogP contribution in [-0.2, 0) is 6.42 Å². The third-order valence-electron chi connectivity index (χ3n) is 3.41. The second-order valence-corrected chi connectivity index (χ2v) is 5.61. The molecule has 0 aliphatic rings. The highest BCUT2D eigenvalue weighted by Crippen LogP contribution is 2.33. The average molecular weight is 342 g/mol. The highest BCUT2D eigenvalue weighted by atomic mass is 35.5. The standard InChI is InChI=1S/C18H17ClF3O/c1-2-3-4-5-13-6-8-14(9-7-13)15-10-11-17(16(19)12-15)23-18(20,21)22/h6-12H,1-5H2. The fourth-order valence-corrected chi connectivity index (χ4v) is 2.48. The molecule has 5 heteroatoms. The van der Waals surface area contributed by atoms with Gasteiger partial charge in [0.1, 0.15) is 5.75 Å². The Kier molecular flexibility index (Phi) is 5.94. The summed E-state index contributed by atoms with van der Waals surface area (Å²) in [4.78, 5) is 0. The lowest BCUT2D eigenvalue weighted by Crippen LogP contribution is -2.17. The molecule has 2 rings (SSSR count). The molecule has 0 spiro atoms. The minimum atomic E-state index is -4.75. The molecule has 0 fully saturated rings. The maximum Gasteiger partial charge on any atom is 0.573 e. The van der Waals surface area contributed by atoms with Crippen molar-refractivity contribution in [2.75, 3.05) is 0 Å². The van der Waals surface area contributed by atoms with E-state index >= 15 is 0 Å². The van der Waals surface area contributed by atoms with Crippen LogP contribution in [0.2, 0.25) is 5.02 Å². The Bertz CT molecular complexity index is 636. The van der Waals surface area contributed by atoms with E-state index in [-0.39, 0.29) is 5.02 Å². The van der Waals surface area contributed by atoms with Crippen LogP contribution in [0.3, 0.4) is 0 Å². The third kappa shape index (κ3) is 5.47. The summed E-state index contributed by atoms with van der Waals surface area (Å²) in [7, 11) is 0. The van der Waals surface area contributed by atoms with Crippen LogP contribution in [0, 0.1) is 6.92 Å². The molecule has 0 amide bonds. The number of rotatable bonds is 6. The van der Waals surface area contributed by atoms with E-state index in [4.69, 9.17) is 11.6 Å². The van der Waals surface area contributed by atoms with E-state index in [1.54, 1.807) is 6.07 Å². The maximum atomic E-state index is 12.2. The normalized spacial score (nSPS) is 11.5. The molecule has 0 atom stereocenters. The van der Waals surface area contributed by atoms with E-state index in [2.05, 4.69) is 11.7 Å². The molecule has 1 nitrogen and oxygen atoms in total. The quantitative estimate of drug-likeness (QED) is 0.548. The minimum absolute atomic E-state index is 0.0700. The fraction of sp³-hybridized carbons (Fsp3) is 0.278. The molecule has 0 aromatic heterocycles. The molecular weight excluding hydrogens is 325 g/mol. The monoisotopic (exact) mass is 341 g/mol. The second kappa shape index (κ2) is 7.73. The van der Waals surface area contributed by atoms with E-state index in [1.165, 1.54) is 17.7 Å². The molecule has 0 saturated heterocycles. The number of ether oxygens (including phenoxy) is 1. The van der Waals surface area contributed by atoms with Gasteiger partial charge in [0.25, 0.3) is 0 Å². The first kappa shape index (κ1) is 17.7. The zero-order valence-electron chi connectivity index (χ0n) is 12.5. The predicted octanol–water partition coefficient (Wildman–Crippen LogP) is 6.45. The topological polar surface area (TPSA) is 9.23 Å². The molecule has 0 bridgehead atoms. The van der Waals surface area contributed by atoms with Crippen LogP contribution in [0.25, 0.3) is 11.1 Å². The van der Waals surface area contributed by atoms with Crippen molar-refractivity contribution < 1.29 is 17.9 Å². The van der Waals surface area contributed by atoms with Gasteiger partial charge in [-0.25, -0.2) is 0 Å². The average Bonchev–Trinajstić information content (AvgIpc) is 2.49. The summed E-state index contributed by atoms with van der Waals surface area (Å²) < 4.78 is 40.6. The summed E-state index contributed by atoms with van der Waals surface area (Å²) in [5.41, 5.74) is 2.87. The lowest BCUT2D eigenvalue weighted by atomic mass is 10.0. The first-order chi connectivity index (χ1) is 10.9. The molecule has 0 aliphatic carbocycles. The summed E-state index contributed by atoms with van der Waals surface area (Å²) >= 11 is 5.87. The molecule has 2 aromatic rings. The van der Waals surface area contributed by atoms with E-state index in [0.29, 0.717) is 0 Å². The molecule has 0 heterocycles. The SMILES string of the molecule is [CH2]CCCCc1ccc(-c2ccc(OC(F)(F)F)c(Cl)c2)cc1. The zero-order chi connectivity index (χ0) is 16.9. The van der Waals surface area contributed by atoms with Gasteiger partial charge < -0.3 is 4.74 Å². The van der Waals surface area contributed by atoms with Crippen molar-refractivity contribution in [3.63, 3.8) is 0 Å². The fourth-order valence-electron chi connectivity index (χ4n) is 2.26. The van der Waals surface area contributed by atoms with Crippen molar-refractivity contribution in [1.82, 2.24) is 0 Å². The largest absolute Gasteiger partial charge is 0.573 e. The molecule has 0 saturated carbocycles. The highest BCUT2D eigenvalue weighted by Gasteiger charge is 2.32. The van der Waals surface area contributed by atoms with Crippen LogP contribution in [0.15, 0.2) is 42.5 Å². The highest BCUT2D eigenvalue weighted by molar-refractivity contribution is 6.32. The molecular formula is C18H17ClF3O. The first-order valence-corrected chi connectivity index (χ1v) is 7.71. The van der Waals surface area contributed by atoms with Crippen molar-refractivity contribution in [3.8, 4) is 16.9 Å². The van der Waals surface area contributed by atoms with Crippen LogP contribution in [0.4, 0.5) is 13.2 Å². The molecule has 0 aliphatic heterocycles. The van der Waals surface area contributed by atoms with Crippen LogP contribution in [-0.4, -0.2) is 6.36 Å². The van der Waals surface area contributed by atoms with Gasteiger partial charge in [0.05, 0.1) is 5.02 Å². The Balaban J connectivity index is 2.11. The number of unbranched alkanes of at least 4 members (excludes halogenated alkanes) is 2. The second-order valence-electron chi connectivity index (χ2n) is 5.20. The van der Waals surface area contributed by atoms with Gasteiger partial charge in [-0.2, -0.15) is 0 Å². The van der Waals surface area contributed by atoms with Gasteiger partial charge in [0, 0.05) is 0 Å². The van der Waals surface area contributed by atoms with Crippen molar-refractivity contribution in [1.29, 1.82) is 0 Å². The summed E-state index contributed by atoms with van der Waals surface area (Å²) in [6.45, 7) is 3.81. The van der Waals surface area contributed by atoms with Gasteiger partial charge in [0.15, 0.2) is 0 Å². The Morgan fingerprint density at radius 2 is 1.61 bits per heavy atom. The molecule has 2 aromatic carbocycles. The zero-order valence-corrected chi connectivity index (χ0v) is 13.3. The van der Waals surface area contributed by atoms with Crippen molar-refractivity contribution >= 4 is 11.6 Å². The Morgan fingerprint density at radius 3 is 2.17 bits per heavy atom. The number of halogens is 4. The summed E-state index contributed by atoms with van der Waals surface area (Å²) in [6.07, 6.45) is -0.630. The summed E-state index contributed by atoms with van der Waals surface area (Å²) in [5, 5.41) is -0.0700. The Hall–Kier alpha value is -1.68. The van der Waals surface area contributed by atoms with Gasteiger partial charge in [-0.15, -0.1) is 13.2 Å². The Labute approximate surface area is 139 Å². The van der Waals surface area contributed by atoms with Crippen LogP contribution in [0.5, 0.6) is 5.75 Å². The molecule has 0 unspecified atom stereocenters. The van der Waals surface area contributed by atoms with E-state index in [0.717, 1.165) is 36.8 Å². The maximum absolute atomic E-state index is 12.2. The lowest BCUT2D eigenvalue weighted by Gasteiger charge is -2.11. The van der Waals surface area contributed by atoms with Gasteiger partial charge in [-0.1, -0.05) is 61.7 Å².